The molecule has 10 heteroatoms. The van der Waals surface area contributed by atoms with Gasteiger partial charge in [-0.05, 0) is 83.9 Å². The Bertz CT molecular complexity index is 1540. The number of amides is 3. The van der Waals surface area contributed by atoms with E-state index in [0.29, 0.717) is 22.5 Å². The predicted octanol–water partition coefficient (Wildman–Crippen LogP) is 6.06. The molecule has 2 N–H and O–H groups in total. The molecule has 1 aliphatic heterocycles. The number of halogens is 3. The van der Waals surface area contributed by atoms with Crippen LogP contribution in [0.2, 0.25) is 0 Å². The molecule has 0 unspecified atom stereocenters. The number of rotatable bonds is 7. The van der Waals surface area contributed by atoms with E-state index in [1.807, 2.05) is 0 Å². The molecule has 0 aromatic heterocycles. The van der Waals surface area contributed by atoms with Gasteiger partial charge >= 0.3 is 6.09 Å². The van der Waals surface area contributed by atoms with Gasteiger partial charge in [-0.25, -0.2) is 18.0 Å². The van der Waals surface area contributed by atoms with Gasteiger partial charge in [-0.3, -0.25) is 14.5 Å². The minimum absolute atomic E-state index is 0.0435. The minimum atomic E-state index is -1.16. The van der Waals surface area contributed by atoms with Crippen LogP contribution in [0.15, 0.2) is 97.1 Å². The van der Waals surface area contributed by atoms with Crippen molar-refractivity contribution >= 4 is 29.3 Å². The normalized spacial score (nSPS) is 16.4. The topological polar surface area (TPSA) is 87.7 Å². The molecule has 1 heterocycles. The predicted molar refractivity (Wildman–Crippen MR) is 141 cm³/mol. The molecule has 0 spiro atoms. The number of carbonyl (C=O) groups is 3. The van der Waals surface area contributed by atoms with Crippen LogP contribution in [0.4, 0.5) is 29.3 Å². The Morgan fingerprint density at radius 3 is 2.00 bits per heavy atom. The van der Waals surface area contributed by atoms with Gasteiger partial charge in [0.2, 0.25) is 0 Å². The molecule has 3 amide bonds. The van der Waals surface area contributed by atoms with Crippen molar-refractivity contribution in [3.8, 4) is 0 Å². The van der Waals surface area contributed by atoms with E-state index in [-0.39, 0.29) is 12.1 Å². The third-order valence-electron chi connectivity index (χ3n) is 6.31. The van der Waals surface area contributed by atoms with Crippen LogP contribution in [0.1, 0.15) is 27.6 Å². The highest BCUT2D eigenvalue weighted by atomic mass is 19.1. The number of anilines is 2. The smallest absolute Gasteiger partial charge is 0.411 e. The van der Waals surface area contributed by atoms with Crippen molar-refractivity contribution in [2.75, 3.05) is 10.6 Å². The zero-order chi connectivity index (χ0) is 28.2. The Kier molecular flexibility index (Phi) is 7.50. The van der Waals surface area contributed by atoms with E-state index in [1.165, 1.54) is 77.7 Å². The highest BCUT2D eigenvalue weighted by Gasteiger charge is 2.47. The van der Waals surface area contributed by atoms with Gasteiger partial charge in [0.05, 0.1) is 6.54 Å². The van der Waals surface area contributed by atoms with E-state index in [4.69, 9.17) is 4.74 Å². The summed E-state index contributed by atoms with van der Waals surface area (Å²) < 4.78 is 45.7. The Hall–Kier alpha value is -5.12. The molecule has 1 aliphatic rings. The first kappa shape index (κ1) is 26.5. The van der Waals surface area contributed by atoms with Gasteiger partial charge in [0.15, 0.2) is 12.1 Å². The van der Waals surface area contributed by atoms with Crippen molar-refractivity contribution in [3.05, 3.63) is 131 Å². The fraction of sp³-hybridized carbons (Fsp3) is 0.100. The zero-order valence-corrected chi connectivity index (χ0v) is 20.8. The second-order valence-electron chi connectivity index (χ2n) is 9.09. The Morgan fingerprint density at radius 2 is 1.35 bits per heavy atom. The maximum atomic E-state index is 13.5. The standard InChI is InChI=1S/C30H22F3N3O4/c31-21-8-4-18(5-9-21)17-36-26(29(38)34-24-14-12-23(33)13-15-24)27(40-30(36)39)20-2-1-3-25(16-20)35-28(37)19-6-10-22(32)11-7-19/h1-16,26-27H,17H2,(H,34,38)(H,35,37)/t26-,27-/m0/s1. The summed E-state index contributed by atoms with van der Waals surface area (Å²) in [5.74, 6) is -2.48. The Balaban J connectivity index is 1.43. The zero-order valence-electron chi connectivity index (χ0n) is 20.8. The average Bonchev–Trinajstić information content (AvgIpc) is 3.27. The Morgan fingerprint density at radius 1 is 0.750 bits per heavy atom. The first-order chi connectivity index (χ1) is 19.3. The van der Waals surface area contributed by atoms with Crippen LogP contribution in [0.5, 0.6) is 0 Å². The van der Waals surface area contributed by atoms with Gasteiger partial charge < -0.3 is 15.4 Å². The van der Waals surface area contributed by atoms with E-state index in [9.17, 15) is 27.6 Å². The number of carbonyl (C=O) groups excluding carboxylic acids is 3. The molecule has 4 aromatic carbocycles. The average molecular weight is 546 g/mol. The number of ether oxygens (including phenoxy) is 1. The number of hydrogen-bond donors (Lipinski definition) is 2. The van der Waals surface area contributed by atoms with Crippen LogP contribution < -0.4 is 10.6 Å². The van der Waals surface area contributed by atoms with Crippen molar-refractivity contribution < 1.29 is 32.3 Å². The van der Waals surface area contributed by atoms with Crippen LogP contribution in [0.25, 0.3) is 0 Å². The monoisotopic (exact) mass is 545 g/mol. The van der Waals surface area contributed by atoms with Crippen molar-refractivity contribution in [1.82, 2.24) is 4.90 Å². The van der Waals surface area contributed by atoms with Gasteiger partial charge in [0.1, 0.15) is 17.5 Å². The molecule has 4 aromatic rings. The number of nitrogens with zero attached hydrogens (tertiary/aromatic N) is 1. The molecule has 0 saturated carbocycles. The lowest BCUT2D eigenvalue weighted by atomic mass is 10.00. The summed E-state index contributed by atoms with van der Waals surface area (Å²) in [7, 11) is 0. The molecular weight excluding hydrogens is 523 g/mol. The van der Waals surface area contributed by atoms with E-state index < -0.39 is 47.5 Å². The minimum Gasteiger partial charge on any atom is -0.438 e. The van der Waals surface area contributed by atoms with Crippen molar-refractivity contribution in [1.29, 1.82) is 0 Å². The lowest BCUT2D eigenvalue weighted by molar-refractivity contribution is -0.121. The summed E-state index contributed by atoms with van der Waals surface area (Å²) in [6, 6.07) is 20.9. The van der Waals surface area contributed by atoms with Crippen molar-refractivity contribution in [2.24, 2.45) is 0 Å². The van der Waals surface area contributed by atoms with E-state index >= 15 is 0 Å². The molecule has 1 saturated heterocycles. The summed E-state index contributed by atoms with van der Waals surface area (Å²) in [6.45, 7) is -0.0435. The van der Waals surface area contributed by atoms with E-state index in [2.05, 4.69) is 10.6 Å². The second-order valence-corrected chi connectivity index (χ2v) is 9.09. The lowest BCUT2D eigenvalue weighted by Gasteiger charge is -2.24. The van der Waals surface area contributed by atoms with Crippen molar-refractivity contribution in [2.45, 2.75) is 18.7 Å². The molecular formula is C30H22F3N3O4. The first-order valence-corrected chi connectivity index (χ1v) is 12.2. The van der Waals surface area contributed by atoms with Crippen LogP contribution in [-0.2, 0) is 16.1 Å². The molecule has 0 aliphatic carbocycles. The molecule has 40 heavy (non-hydrogen) atoms. The van der Waals surface area contributed by atoms with Gasteiger partial charge in [-0.2, -0.15) is 0 Å². The number of cyclic esters (lactones) is 1. The maximum absolute atomic E-state index is 13.5. The van der Waals surface area contributed by atoms with E-state index in [1.54, 1.807) is 24.3 Å². The van der Waals surface area contributed by atoms with Gasteiger partial charge in [0, 0.05) is 16.9 Å². The van der Waals surface area contributed by atoms with Crippen molar-refractivity contribution in [3.63, 3.8) is 0 Å². The van der Waals surface area contributed by atoms with Gasteiger partial charge in [-0.15, -0.1) is 0 Å². The maximum Gasteiger partial charge on any atom is 0.411 e. The highest BCUT2D eigenvalue weighted by Crippen LogP contribution is 2.35. The molecule has 1 fully saturated rings. The molecule has 0 radical (unpaired) electrons. The summed E-state index contributed by atoms with van der Waals surface area (Å²) >= 11 is 0. The highest BCUT2D eigenvalue weighted by molar-refractivity contribution is 6.04. The van der Waals surface area contributed by atoms with E-state index in [0.717, 1.165) is 0 Å². The van der Waals surface area contributed by atoms with Crippen LogP contribution in [-0.4, -0.2) is 28.8 Å². The molecule has 0 bridgehead atoms. The lowest BCUT2D eigenvalue weighted by Crippen LogP contribution is -2.43. The molecule has 202 valence electrons. The first-order valence-electron chi connectivity index (χ1n) is 12.2. The molecule has 7 nitrogen and oxygen atoms in total. The largest absolute Gasteiger partial charge is 0.438 e. The quantitative estimate of drug-likeness (QED) is 0.296. The number of benzene rings is 4. The summed E-state index contributed by atoms with van der Waals surface area (Å²) in [6.07, 6.45) is -1.84. The summed E-state index contributed by atoms with van der Waals surface area (Å²) in [5.41, 5.74) is 1.90. The fourth-order valence-electron chi connectivity index (χ4n) is 4.34. The third-order valence-corrected chi connectivity index (χ3v) is 6.31. The summed E-state index contributed by atoms with van der Waals surface area (Å²) in [5, 5.41) is 5.40. The van der Waals surface area contributed by atoms with Crippen LogP contribution >= 0.6 is 0 Å². The number of hydrogen-bond acceptors (Lipinski definition) is 4. The van der Waals surface area contributed by atoms with Gasteiger partial charge in [0.25, 0.3) is 11.8 Å². The van der Waals surface area contributed by atoms with Crippen LogP contribution in [0.3, 0.4) is 0 Å². The Labute approximate surface area is 227 Å². The fourth-order valence-corrected chi connectivity index (χ4v) is 4.34. The number of nitrogens with one attached hydrogen (secondary N) is 2. The third kappa shape index (κ3) is 5.96. The second kappa shape index (κ2) is 11.3. The van der Waals surface area contributed by atoms with Crippen LogP contribution in [0, 0.1) is 17.5 Å². The van der Waals surface area contributed by atoms with Gasteiger partial charge in [-0.1, -0.05) is 24.3 Å². The SMILES string of the molecule is O=C(Nc1cccc([C@@H]2OC(=O)N(Cc3ccc(F)cc3)[C@@H]2C(=O)Nc2ccc(F)cc2)c1)c1ccc(F)cc1. The summed E-state index contributed by atoms with van der Waals surface area (Å²) in [4.78, 5) is 40.4. The molecule has 2 atom stereocenters. The molecule has 5 rings (SSSR count).